The van der Waals surface area contributed by atoms with Crippen LogP contribution in [0.1, 0.15) is 27.2 Å². The van der Waals surface area contributed by atoms with Crippen molar-refractivity contribution in [2.45, 2.75) is 33.2 Å². The highest BCUT2D eigenvalue weighted by Crippen LogP contribution is 2.35. The molecular weight excluding hydrogens is 146 g/mol. The first-order valence-corrected chi connectivity index (χ1v) is 4.53. The highest BCUT2D eigenvalue weighted by molar-refractivity contribution is 5.21. The van der Waals surface area contributed by atoms with Crippen LogP contribution in [0.5, 0.6) is 0 Å². The third-order valence-corrected chi connectivity index (χ3v) is 2.62. The molecule has 0 bridgehead atoms. The minimum Gasteiger partial charge on any atom is -0.321 e. The lowest BCUT2D eigenvalue weighted by atomic mass is 9.74. The predicted molar refractivity (Wildman–Crippen MR) is 53.8 cm³/mol. The van der Waals surface area contributed by atoms with Crippen molar-refractivity contribution in [2.24, 2.45) is 17.1 Å². The number of nitrogens with two attached hydrogens (primary N) is 1. The predicted octanol–water partition coefficient (Wildman–Crippen LogP) is 2.49. The first-order chi connectivity index (χ1) is 5.41. The Balaban J connectivity index is 2.74. The smallest absolute Gasteiger partial charge is 0.0437 e. The molecule has 0 radical (unpaired) electrons. The third-order valence-electron chi connectivity index (χ3n) is 2.62. The Hall–Kier alpha value is -0.560. The standard InChI is InChI=1S/C11H19N/c1-8-7-9(11(2,3)4)5-6-10(8)12/h5-6,9-10H,1,7,12H2,2-4H3. The van der Waals surface area contributed by atoms with Gasteiger partial charge in [-0.1, -0.05) is 45.1 Å². The fourth-order valence-electron chi connectivity index (χ4n) is 1.47. The second-order valence-corrected chi connectivity index (χ2v) is 4.75. The van der Waals surface area contributed by atoms with Crippen LogP contribution in [-0.4, -0.2) is 6.04 Å². The van der Waals surface area contributed by atoms with Gasteiger partial charge in [-0.2, -0.15) is 0 Å². The van der Waals surface area contributed by atoms with Crippen LogP contribution < -0.4 is 5.73 Å². The maximum Gasteiger partial charge on any atom is 0.0437 e. The molecule has 0 aliphatic heterocycles. The Morgan fingerprint density at radius 3 is 2.42 bits per heavy atom. The quantitative estimate of drug-likeness (QED) is 0.548. The molecule has 1 heteroatoms. The first kappa shape index (κ1) is 9.53. The molecule has 1 rings (SSSR count). The van der Waals surface area contributed by atoms with E-state index in [0.717, 1.165) is 12.0 Å². The molecule has 1 nitrogen and oxygen atoms in total. The maximum atomic E-state index is 5.80. The largest absolute Gasteiger partial charge is 0.321 e. The van der Waals surface area contributed by atoms with Crippen molar-refractivity contribution in [3.05, 3.63) is 24.3 Å². The lowest BCUT2D eigenvalue weighted by Crippen LogP contribution is -2.29. The van der Waals surface area contributed by atoms with E-state index >= 15 is 0 Å². The number of rotatable bonds is 0. The van der Waals surface area contributed by atoms with Crippen molar-refractivity contribution in [3.8, 4) is 0 Å². The molecule has 1 aliphatic rings. The number of hydrogen-bond acceptors (Lipinski definition) is 1. The minimum atomic E-state index is 0.0867. The normalized spacial score (nSPS) is 30.8. The molecular formula is C11H19N. The monoisotopic (exact) mass is 165 g/mol. The Morgan fingerprint density at radius 2 is 2.00 bits per heavy atom. The molecule has 68 valence electrons. The molecule has 2 atom stereocenters. The zero-order valence-electron chi connectivity index (χ0n) is 8.30. The fraction of sp³-hybridized carbons (Fsp3) is 0.636. The number of hydrogen-bond donors (Lipinski definition) is 1. The molecule has 0 amide bonds. The van der Waals surface area contributed by atoms with E-state index in [-0.39, 0.29) is 6.04 Å². The zero-order valence-corrected chi connectivity index (χ0v) is 8.30. The molecule has 0 fully saturated rings. The highest BCUT2D eigenvalue weighted by atomic mass is 14.6. The fourth-order valence-corrected chi connectivity index (χ4v) is 1.47. The van der Waals surface area contributed by atoms with Crippen LogP contribution in [0.15, 0.2) is 24.3 Å². The SMILES string of the molecule is C=C1CC(C(C)(C)C)C=CC1N. The molecule has 0 aromatic heterocycles. The summed E-state index contributed by atoms with van der Waals surface area (Å²) in [4.78, 5) is 0. The molecule has 0 saturated heterocycles. The van der Waals surface area contributed by atoms with E-state index in [0.29, 0.717) is 11.3 Å². The molecule has 1 aliphatic carbocycles. The van der Waals surface area contributed by atoms with Crippen LogP contribution in [0, 0.1) is 11.3 Å². The summed E-state index contributed by atoms with van der Waals surface area (Å²) in [5.74, 6) is 0.602. The minimum absolute atomic E-state index is 0.0867. The van der Waals surface area contributed by atoms with Gasteiger partial charge in [0.25, 0.3) is 0 Å². The van der Waals surface area contributed by atoms with Crippen LogP contribution in [0.2, 0.25) is 0 Å². The van der Waals surface area contributed by atoms with Gasteiger partial charge in [0.05, 0.1) is 0 Å². The van der Waals surface area contributed by atoms with E-state index < -0.39 is 0 Å². The van der Waals surface area contributed by atoms with E-state index in [4.69, 9.17) is 5.73 Å². The van der Waals surface area contributed by atoms with Crippen LogP contribution >= 0.6 is 0 Å². The van der Waals surface area contributed by atoms with E-state index in [1.807, 2.05) is 0 Å². The Kier molecular flexibility index (Phi) is 2.43. The summed E-state index contributed by atoms with van der Waals surface area (Å²) < 4.78 is 0. The second kappa shape index (κ2) is 3.06. The summed E-state index contributed by atoms with van der Waals surface area (Å²) in [5, 5.41) is 0. The Bertz CT molecular complexity index is 208. The van der Waals surface area contributed by atoms with Gasteiger partial charge < -0.3 is 5.73 Å². The summed E-state index contributed by atoms with van der Waals surface area (Å²) in [6.07, 6.45) is 5.35. The summed E-state index contributed by atoms with van der Waals surface area (Å²) in [6, 6.07) is 0.0867. The maximum absolute atomic E-state index is 5.80. The van der Waals surface area contributed by atoms with Gasteiger partial charge in [0.2, 0.25) is 0 Å². The van der Waals surface area contributed by atoms with Crippen molar-refractivity contribution in [1.29, 1.82) is 0 Å². The van der Waals surface area contributed by atoms with Crippen molar-refractivity contribution < 1.29 is 0 Å². The molecule has 0 aromatic carbocycles. The molecule has 0 spiro atoms. The highest BCUT2D eigenvalue weighted by Gasteiger charge is 2.26. The summed E-state index contributed by atoms with van der Waals surface area (Å²) in [7, 11) is 0. The molecule has 2 unspecified atom stereocenters. The van der Waals surface area contributed by atoms with Crippen molar-refractivity contribution in [2.75, 3.05) is 0 Å². The van der Waals surface area contributed by atoms with Gasteiger partial charge in [0.15, 0.2) is 0 Å². The van der Waals surface area contributed by atoms with Crippen LogP contribution in [0.3, 0.4) is 0 Å². The van der Waals surface area contributed by atoms with Gasteiger partial charge in [-0.25, -0.2) is 0 Å². The Morgan fingerprint density at radius 1 is 1.42 bits per heavy atom. The summed E-state index contributed by atoms with van der Waals surface area (Å²) in [6.45, 7) is 10.8. The average molecular weight is 165 g/mol. The van der Waals surface area contributed by atoms with Crippen molar-refractivity contribution in [1.82, 2.24) is 0 Å². The van der Waals surface area contributed by atoms with E-state index in [2.05, 4.69) is 39.5 Å². The van der Waals surface area contributed by atoms with Crippen LogP contribution in [-0.2, 0) is 0 Å². The lowest BCUT2D eigenvalue weighted by Gasteiger charge is -2.33. The average Bonchev–Trinajstić information content (AvgIpc) is 1.92. The third kappa shape index (κ3) is 1.98. The summed E-state index contributed by atoms with van der Waals surface area (Å²) >= 11 is 0. The van der Waals surface area contributed by atoms with Crippen LogP contribution in [0.4, 0.5) is 0 Å². The summed E-state index contributed by atoms with van der Waals surface area (Å²) in [5.41, 5.74) is 7.29. The van der Waals surface area contributed by atoms with E-state index in [1.165, 1.54) is 0 Å². The van der Waals surface area contributed by atoms with Gasteiger partial charge in [0, 0.05) is 6.04 Å². The van der Waals surface area contributed by atoms with Gasteiger partial charge >= 0.3 is 0 Å². The molecule has 12 heavy (non-hydrogen) atoms. The molecule has 0 saturated carbocycles. The Labute approximate surface area is 75.3 Å². The number of allylic oxidation sites excluding steroid dienone is 1. The van der Waals surface area contributed by atoms with E-state index in [1.54, 1.807) is 0 Å². The van der Waals surface area contributed by atoms with Crippen molar-refractivity contribution >= 4 is 0 Å². The van der Waals surface area contributed by atoms with Gasteiger partial charge in [-0.15, -0.1) is 0 Å². The van der Waals surface area contributed by atoms with Gasteiger partial charge in [-0.05, 0) is 17.8 Å². The first-order valence-electron chi connectivity index (χ1n) is 4.53. The topological polar surface area (TPSA) is 26.0 Å². The lowest BCUT2D eigenvalue weighted by molar-refractivity contribution is 0.284. The van der Waals surface area contributed by atoms with Gasteiger partial charge in [0.1, 0.15) is 0 Å². The van der Waals surface area contributed by atoms with E-state index in [9.17, 15) is 0 Å². The zero-order chi connectivity index (χ0) is 9.35. The molecule has 2 N–H and O–H groups in total. The second-order valence-electron chi connectivity index (χ2n) is 4.75. The van der Waals surface area contributed by atoms with Crippen LogP contribution in [0.25, 0.3) is 0 Å². The van der Waals surface area contributed by atoms with Crippen molar-refractivity contribution in [3.63, 3.8) is 0 Å². The molecule has 0 aromatic rings. The molecule has 0 heterocycles. The van der Waals surface area contributed by atoms with Gasteiger partial charge in [-0.3, -0.25) is 0 Å².